The minimum Gasteiger partial charge on any atom is -0.449 e. The molecule has 3 aromatic rings. The van der Waals surface area contributed by atoms with Gasteiger partial charge in [-0.25, -0.2) is 18.7 Å². The van der Waals surface area contributed by atoms with Crippen LogP contribution in [0.4, 0.5) is 22.2 Å². The van der Waals surface area contributed by atoms with Crippen molar-refractivity contribution < 1.29 is 18.8 Å². The molecule has 1 unspecified atom stereocenters. The molecule has 10 nitrogen and oxygen atoms in total. The van der Waals surface area contributed by atoms with Gasteiger partial charge in [0.05, 0.1) is 38.9 Å². The molecule has 0 bridgehead atoms. The molecule has 1 aromatic carbocycles. The molecule has 0 saturated carbocycles. The molecule has 0 spiro atoms. The van der Waals surface area contributed by atoms with Gasteiger partial charge >= 0.3 is 6.09 Å². The van der Waals surface area contributed by atoms with Crippen LogP contribution in [0.15, 0.2) is 47.1 Å². The average molecular weight is 477 g/mol. The van der Waals surface area contributed by atoms with E-state index in [1.165, 1.54) is 11.3 Å². The van der Waals surface area contributed by atoms with Crippen LogP contribution in [-0.4, -0.2) is 55.5 Å². The van der Waals surface area contributed by atoms with Crippen molar-refractivity contribution >= 4 is 50.5 Å². The maximum absolute atomic E-state index is 12.7. The number of amides is 1. The Balaban J connectivity index is 1.79. The Labute approximate surface area is 190 Å². The second kappa shape index (κ2) is 10.4. The molecule has 2 atom stereocenters. The largest absolute Gasteiger partial charge is 0.449 e. The number of rotatable bonds is 9. The topological polar surface area (TPSA) is 138 Å². The number of anilines is 3. The van der Waals surface area contributed by atoms with Crippen LogP contribution in [-0.2, 0) is 14.4 Å². The van der Waals surface area contributed by atoms with Gasteiger partial charge < -0.3 is 20.5 Å². The van der Waals surface area contributed by atoms with Gasteiger partial charge in [0.1, 0.15) is 5.82 Å². The number of nitrogens with one attached hydrogen (secondary N) is 3. The van der Waals surface area contributed by atoms with Crippen LogP contribution in [0.5, 0.6) is 0 Å². The molecule has 0 saturated heterocycles. The van der Waals surface area contributed by atoms with Gasteiger partial charge in [-0.05, 0) is 44.0 Å². The fourth-order valence-corrected chi connectivity index (χ4v) is 4.26. The summed E-state index contributed by atoms with van der Waals surface area (Å²) in [6, 6.07) is 6.32. The predicted octanol–water partition coefficient (Wildman–Crippen LogP) is 2.87. The van der Waals surface area contributed by atoms with Gasteiger partial charge in [-0.2, -0.15) is 4.98 Å². The molecule has 2 heterocycles. The highest BCUT2D eigenvalue weighted by Crippen LogP contribution is 2.30. The highest BCUT2D eigenvalue weighted by atomic mass is 32.2. The number of hydrogen-bond acceptors (Lipinski definition) is 10. The van der Waals surface area contributed by atoms with E-state index in [9.17, 15) is 14.1 Å². The number of aliphatic hydroxyl groups is 1. The first-order chi connectivity index (χ1) is 15.3. The number of aliphatic hydroxyl groups excluding tert-OH is 1. The Morgan fingerprint density at radius 3 is 2.69 bits per heavy atom. The Morgan fingerprint density at radius 1 is 1.31 bits per heavy atom. The van der Waals surface area contributed by atoms with Crippen LogP contribution >= 0.6 is 11.3 Å². The second-order valence-electron chi connectivity index (χ2n) is 6.70. The summed E-state index contributed by atoms with van der Waals surface area (Å²) in [6.07, 6.45) is 2.61. The predicted molar refractivity (Wildman–Crippen MR) is 127 cm³/mol. The molecular weight excluding hydrogens is 452 g/mol. The second-order valence-corrected chi connectivity index (χ2v) is 9.61. The molecule has 0 aliphatic rings. The SMILES string of the molecule is C=S(=O)(NC(=O)OCC)c1ccc(Nc2ncc(-c3cncs3)c(N[C@H](C)CO)n2)cc1. The number of thiazole rings is 1. The van der Waals surface area contributed by atoms with E-state index >= 15 is 0 Å². The van der Waals surface area contributed by atoms with Crippen molar-refractivity contribution in [1.29, 1.82) is 0 Å². The number of carbonyl (C=O) groups excluding carboxylic acids is 1. The fourth-order valence-electron chi connectivity index (χ4n) is 2.60. The van der Waals surface area contributed by atoms with E-state index in [-0.39, 0.29) is 19.3 Å². The Bertz CT molecular complexity index is 1150. The van der Waals surface area contributed by atoms with Crippen LogP contribution in [0.1, 0.15) is 13.8 Å². The molecule has 0 aliphatic heterocycles. The van der Waals surface area contributed by atoms with Crippen molar-refractivity contribution in [2.24, 2.45) is 0 Å². The zero-order valence-corrected chi connectivity index (χ0v) is 19.2. The van der Waals surface area contributed by atoms with Gasteiger partial charge in [0, 0.05) is 29.0 Å². The van der Waals surface area contributed by atoms with Crippen molar-refractivity contribution in [3.05, 3.63) is 42.2 Å². The summed E-state index contributed by atoms with van der Waals surface area (Å²) in [5.74, 6) is 4.49. The summed E-state index contributed by atoms with van der Waals surface area (Å²) >= 11 is 1.46. The third-order valence-corrected chi connectivity index (χ3v) is 6.49. The van der Waals surface area contributed by atoms with E-state index in [2.05, 4.69) is 36.2 Å². The van der Waals surface area contributed by atoms with E-state index in [0.717, 1.165) is 10.4 Å². The number of hydrogen-bond donors (Lipinski definition) is 4. The number of carbonyl (C=O) groups is 1. The molecule has 12 heteroatoms. The van der Waals surface area contributed by atoms with Crippen LogP contribution in [0.2, 0.25) is 0 Å². The zero-order chi connectivity index (χ0) is 23.1. The third kappa shape index (κ3) is 5.93. The van der Waals surface area contributed by atoms with Crippen molar-refractivity contribution in [3.63, 3.8) is 0 Å². The minimum atomic E-state index is -3.05. The summed E-state index contributed by atoms with van der Waals surface area (Å²) in [6.45, 7) is 3.60. The smallest absolute Gasteiger partial charge is 0.418 e. The fraction of sp³-hybridized carbons (Fsp3) is 0.250. The molecule has 1 amide bonds. The van der Waals surface area contributed by atoms with Gasteiger partial charge in [0.25, 0.3) is 0 Å². The molecular formula is C20H24N6O4S2. The zero-order valence-electron chi connectivity index (χ0n) is 17.6. The lowest BCUT2D eigenvalue weighted by atomic mass is 10.2. The third-order valence-electron chi connectivity index (χ3n) is 4.16. The first-order valence-corrected chi connectivity index (χ1v) is 12.2. The summed E-state index contributed by atoms with van der Waals surface area (Å²) in [5.41, 5.74) is 3.14. The number of aromatic nitrogens is 3. The Hall–Kier alpha value is -3.22. The number of ether oxygens (including phenoxy) is 1. The summed E-state index contributed by atoms with van der Waals surface area (Å²) < 4.78 is 19.7. The van der Waals surface area contributed by atoms with Crippen molar-refractivity contribution in [2.75, 3.05) is 23.8 Å². The highest BCUT2D eigenvalue weighted by Gasteiger charge is 2.15. The van der Waals surface area contributed by atoms with Gasteiger partial charge in [0.2, 0.25) is 5.95 Å². The lowest BCUT2D eigenvalue weighted by molar-refractivity contribution is 0.159. The maximum atomic E-state index is 12.7. The quantitative estimate of drug-likeness (QED) is 0.343. The molecule has 32 heavy (non-hydrogen) atoms. The summed E-state index contributed by atoms with van der Waals surface area (Å²) in [7, 11) is -3.05. The van der Waals surface area contributed by atoms with E-state index < -0.39 is 15.8 Å². The Kier molecular flexibility index (Phi) is 7.62. The van der Waals surface area contributed by atoms with Crippen molar-refractivity contribution in [1.82, 2.24) is 19.7 Å². The standard InChI is InChI=1S/C20H24N6O4S2/c1-4-30-20(28)26-32(3,29)15-7-5-14(6-8-15)24-19-22-9-16(17-10-21-12-31-17)18(25-19)23-13(2)11-27/h5-10,12-13,27H,3-4,11H2,1-2H3,(H,26,28,29)(H2,22,23,24,25)/t13-,32?/m1/s1. The average Bonchev–Trinajstić information content (AvgIpc) is 3.28. The number of benzene rings is 1. The summed E-state index contributed by atoms with van der Waals surface area (Å²) in [4.78, 5) is 25.8. The normalized spacial score (nSPS) is 13.6. The van der Waals surface area contributed by atoms with E-state index in [1.54, 1.807) is 49.1 Å². The monoisotopic (exact) mass is 476 g/mol. The van der Waals surface area contributed by atoms with Crippen LogP contribution in [0.3, 0.4) is 0 Å². The van der Waals surface area contributed by atoms with Crippen LogP contribution < -0.4 is 15.4 Å². The molecule has 0 radical (unpaired) electrons. The minimum absolute atomic E-state index is 0.0550. The molecule has 170 valence electrons. The maximum Gasteiger partial charge on any atom is 0.418 e. The van der Waals surface area contributed by atoms with Crippen molar-refractivity contribution in [3.8, 4) is 10.4 Å². The van der Waals surface area contributed by atoms with E-state index in [0.29, 0.717) is 22.3 Å². The lowest BCUT2D eigenvalue weighted by Crippen LogP contribution is -2.30. The molecule has 0 aliphatic carbocycles. The molecule has 4 N–H and O–H groups in total. The first kappa shape index (κ1) is 23.4. The first-order valence-electron chi connectivity index (χ1n) is 9.64. The molecule has 0 fully saturated rings. The molecule has 2 aromatic heterocycles. The van der Waals surface area contributed by atoms with Crippen molar-refractivity contribution in [2.45, 2.75) is 24.8 Å². The van der Waals surface area contributed by atoms with Crippen LogP contribution in [0.25, 0.3) is 10.4 Å². The Morgan fingerprint density at radius 2 is 2.06 bits per heavy atom. The van der Waals surface area contributed by atoms with E-state index in [1.807, 2.05) is 6.92 Å². The van der Waals surface area contributed by atoms with Crippen LogP contribution in [0, 0.1) is 0 Å². The summed E-state index contributed by atoms with van der Waals surface area (Å²) in [5, 5.41) is 15.7. The van der Waals surface area contributed by atoms with Gasteiger partial charge in [0.15, 0.2) is 0 Å². The van der Waals surface area contributed by atoms with E-state index in [4.69, 9.17) is 4.74 Å². The lowest BCUT2D eigenvalue weighted by Gasteiger charge is -2.16. The van der Waals surface area contributed by atoms with Gasteiger partial charge in [-0.1, -0.05) is 0 Å². The highest BCUT2D eigenvalue weighted by molar-refractivity contribution is 7.99. The number of nitrogens with zero attached hydrogens (tertiary/aromatic N) is 3. The van der Waals surface area contributed by atoms with Gasteiger partial charge in [-0.15, -0.1) is 11.3 Å². The molecule has 3 rings (SSSR count). The van der Waals surface area contributed by atoms with Gasteiger partial charge in [-0.3, -0.25) is 4.98 Å².